The minimum Gasteiger partial charge on any atom is -0.338 e. The van der Waals surface area contributed by atoms with Gasteiger partial charge in [0.05, 0.1) is 17.3 Å². The van der Waals surface area contributed by atoms with Crippen LogP contribution in [-0.4, -0.2) is 32.0 Å². The highest BCUT2D eigenvalue weighted by molar-refractivity contribution is 7.10. The van der Waals surface area contributed by atoms with Crippen molar-refractivity contribution in [2.45, 2.75) is 59.5 Å². The smallest absolute Gasteiger partial charge is 0.273 e. The van der Waals surface area contributed by atoms with Crippen LogP contribution < -0.4 is 10.6 Å². The summed E-state index contributed by atoms with van der Waals surface area (Å²) in [7, 11) is 0. The minimum absolute atomic E-state index is 0.288. The van der Waals surface area contributed by atoms with E-state index >= 15 is 0 Å². The molecule has 0 bridgehead atoms. The van der Waals surface area contributed by atoms with Crippen LogP contribution in [0.5, 0.6) is 0 Å². The lowest BCUT2D eigenvalue weighted by molar-refractivity contribution is -0.120. The van der Waals surface area contributed by atoms with Crippen LogP contribution in [0, 0.1) is 23.7 Å². The fourth-order valence-corrected chi connectivity index (χ4v) is 4.09. The van der Waals surface area contributed by atoms with Crippen LogP contribution in [-0.2, 0) is 11.3 Å². The summed E-state index contributed by atoms with van der Waals surface area (Å²) in [4.78, 5) is 26.3. The summed E-state index contributed by atoms with van der Waals surface area (Å²) in [5, 5.41) is 20.4. The Kier molecular flexibility index (Phi) is 7.26. The molecule has 2 heterocycles. The number of hydrogen-bond donors (Lipinski definition) is 2. The molecule has 0 spiro atoms. The molecule has 32 heavy (non-hydrogen) atoms. The largest absolute Gasteiger partial charge is 0.338 e. The van der Waals surface area contributed by atoms with Gasteiger partial charge in [0.2, 0.25) is 5.91 Å². The summed E-state index contributed by atoms with van der Waals surface area (Å²) in [6.45, 7) is 8.18. The zero-order chi connectivity index (χ0) is 23.3. The Labute approximate surface area is 191 Å². The number of nitriles is 1. The van der Waals surface area contributed by atoms with Gasteiger partial charge >= 0.3 is 0 Å². The highest BCUT2D eigenvalue weighted by atomic mass is 32.1. The first-order valence-corrected chi connectivity index (χ1v) is 11.4. The van der Waals surface area contributed by atoms with Crippen LogP contribution in [0.15, 0.2) is 30.3 Å². The van der Waals surface area contributed by atoms with Gasteiger partial charge in [-0.3, -0.25) is 14.3 Å². The molecule has 3 aromatic rings. The zero-order valence-corrected chi connectivity index (χ0v) is 19.6. The second kappa shape index (κ2) is 9.92. The number of fused-ring (bicyclic) bond motifs is 1. The van der Waals surface area contributed by atoms with E-state index in [4.69, 9.17) is 5.26 Å². The normalized spacial score (nSPS) is 12.3. The van der Waals surface area contributed by atoms with Gasteiger partial charge in [-0.25, -0.2) is 0 Å². The van der Waals surface area contributed by atoms with Crippen molar-refractivity contribution in [2.75, 3.05) is 5.32 Å². The molecule has 168 valence electrons. The Hall–Kier alpha value is -3.25. The molecule has 0 aliphatic carbocycles. The second-order valence-corrected chi connectivity index (χ2v) is 9.60. The third-order valence-electron chi connectivity index (χ3n) is 5.06. The number of aromatic nitrogens is 3. The Morgan fingerprint density at radius 2 is 2.00 bits per heavy atom. The maximum absolute atomic E-state index is 13.2. The second-order valence-electron chi connectivity index (χ2n) is 8.80. The maximum atomic E-state index is 13.2. The fourth-order valence-electron chi connectivity index (χ4n) is 3.42. The van der Waals surface area contributed by atoms with E-state index in [0.717, 1.165) is 29.4 Å². The summed E-state index contributed by atoms with van der Waals surface area (Å²) in [6.07, 6.45) is 2.06. The number of aryl methyl sites for hydroxylation is 2. The molecule has 2 N–H and O–H groups in total. The topological polar surface area (TPSA) is 113 Å². The number of rotatable bonds is 8. The van der Waals surface area contributed by atoms with E-state index in [1.165, 1.54) is 11.5 Å². The lowest BCUT2D eigenvalue weighted by Crippen LogP contribution is -2.51. The van der Waals surface area contributed by atoms with Crippen molar-refractivity contribution < 1.29 is 9.59 Å². The molecular formula is C23H28N6O2S. The van der Waals surface area contributed by atoms with Crippen LogP contribution >= 0.6 is 11.5 Å². The van der Waals surface area contributed by atoms with Gasteiger partial charge in [0.1, 0.15) is 11.0 Å². The van der Waals surface area contributed by atoms with Crippen LogP contribution in [0.3, 0.4) is 0 Å². The SMILES string of the molecule is Cc1cc(NC(=O)[C@@H](NC(=O)c2nn(CCCCC#N)c3ccccc23)C(C)(C)C)sn1. The van der Waals surface area contributed by atoms with Crippen molar-refractivity contribution in [3.8, 4) is 6.07 Å². The van der Waals surface area contributed by atoms with Crippen LogP contribution in [0.1, 0.15) is 56.2 Å². The van der Waals surface area contributed by atoms with E-state index in [2.05, 4.69) is 26.2 Å². The quantitative estimate of drug-likeness (QED) is 0.495. The zero-order valence-electron chi connectivity index (χ0n) is 18.8. The van der Waals surface area contributed by atoms with E-state index in [1.807, 2.05) is 52.0 Å². The van der Waals surface area contributed by atoms with Crippen molar-refractivity contribution in [2.24, 2.45) is 5.41 Å². The van der Waals surface area contributed by atoms with Crippen molar-refractivity contribution in [3.05, 3.63) is 41.7 Å². The lowest BCUT2D eigenvalue weighted by Gasteiger charge is -2.29. The Morgan fingerprint density at radius 3 is 2.66 bits per heavy atom. The van der Waals surface area contributed by atoms with Crippen molar-refractivity contribution in [1.29, 1.82) is 5.26 Å². The highest BCUT2D eigenvalue weighted by Crippen LogP contribution is 2.24. The molecule has 0 fully saturated rings. The highest BCUT2D eigenvalue weighted by Gasteiger charge is 2.34. The van der Waals surface area contributed by atoms with Gasteiger partial charge in [0, 0.05) is 18.4 Å². The molecule has 0 saturated heterocycles. The maximum Gasteiger partial charge on any atom is 0.273 e. The Morgan fingerprint density at radius 1 is 1.25 bits per heavy atom. The average Bonchev–Trinajstić information content (AvgIpc) is 3.31. The molecule has 0 unspecified atom stereocenters. The first kappa shape index (κ1) is 23.4. The molecule has 0 radical (unpaired) electrons. The third-order valence-corrected chi connectivity index (χ3v) is 5.86. The molecular weight excluding hydrogens is 424 g/mol. The molecule has 2 aromatic heterocycles. The number of para-hydroxylation sites is 1. The van der Waals surface area contributed by atoms with Crippen LogP contribution in [0.25, 0.3) is 10.9 Å². The summed E-state index contributed by atoms with van der Waals surface area (Å²) >= 11 is 1.21. The molecule has 1 atom stereocenters. The number of carbonyl (C=O) groups is 2. The molecule has 2 amide bonds. The van der Waals surface area contributed by atoms with Gasteiger partial charge in [-0.2, -0.15) is 14.7 Å². The van der Waals surface area contributed by atoms with E-state index in [0.29, 0.717) is 18.0 Å². The van der Waals surface area contributed by atoms with E-state index in [9.17, 15) is 9.59 Å². The first-order valence-electron chi connectivity index (χ1n) is 10.6. The minimum atomic E-state index is -0.767. The van der Waals surface area contributed by atoms with Gasteiger partial charge in [0.25, 0.3) is 5.91 Å². The van der Waals surface area contributed by atoms with Crippen LogP contribution in [0.4, 0.5) is 5.00 Å². The van der Waals surface area contributed by atoms with Crippen molar-refractivity contribution in [1.82, 2.24) is 19.5 Å². The summed E-state index contributed by atoms with van der Waals surface area (Å²) < 4.78 is 5.98. The van der Waals surface area contributed by atoms with E-state index in [1.54, 1.807) is 10.7 Å². The number of nitrogens with one attached hydrogen (secondary N) is 2. The molecule has 8 nitrogen and oxygen atoms in total. The van der Waals surface area contributed by atoms with E-state index in [-0.39, 0.29) is 11.6 Å². The molecule has 0 aliphatic rings. The monoisotopic (exact) mass is 452 g/mol. The first-order chi connectivity index (χ1) is 15.2. The predicted octanol–water partition coefficient (Wildman–Crippen LogP) is 4.28. The van der Waals surface area contributed by atoms with Crippen molar-refractivity contribution >= 4 is 39.3 Å². The van der Waals surface area contributed by atoms with Gasteiger partial charge in [-0.05, 0) is 48.8 Å². The average molecular weight is 453 g/mol. The number of nitrogens with zero attached hydrogens (tertiary/aromatic N) is 4. The van der Waals surface area contributed by atoms with Crippen LogP contribution in [0.2, 0.25) is 0 Å². The number of unbranched alkanes of at least 4 members (excludes halogenated alkanes) is 2. The van der Waals surface area contributed by atoms with Gasteiger partial charge in [-0.1, -0.05) is 39.0 Å². The lowest BCUT2D eigenvalue weighted by atomic mass is 9.86. The van der Waals surface area contributed by atoms with Gasteiger partial charge in [-0.15, -0.1) is 0 Å². The summed E-state index contributed by atoms with van der Waals surface area (Å²) in [5.74, 6) is -0.692. The van der Waals surface area contributed by atoms with Gasteiger partial charge in [0.15, 0.2) is 5.69 Å². The molecule has 1 aromatic carbocycles. The summed E-state index contributed by atoms with van der Waals surface area (Å²) in [5.41, 5.74) is 1.45. The predicted molar refractivity (Wildman–Crippen MR) is 125 cm³/mol. The third kappa shape index (κ3) is 5.51. The number of hydrogen-bond acceptors (Lipinski definition) is 6. The number of amides is 2. The number of carbonyl (C=O) groups excluding carboxylic acids is 2. The summed E-state index contributed by atoms with van der Waals surface area (Å²) in [6, 6.07) is 10.7. The molecule has 3 rings (SSSR count). The van der Waals surface area contributed by atoms with Gasteiger partial charge < -0.3 is 10.6 Å². The number of benzene rings is 1. The number of anilines is 1. The molecule has 0 aliphatic heterocycles. The Bertz CT molecular complexity index is 1150. The standard InChI is InChI=1S/C23H28N6O2S/c1-15-14-18(32-28-15)25-22(31)20(23(2,3)4)26-21(30)19-16-10-6-7-11-17(16)29(27-19)13-9-5-8-12-24/h6-7,10-11,14,20H,5,8-9,13H2,1-4H3,(H,25,31)(H,26,30)/t20-/m1/s1. The van der Waals surface area contributed by atoms with Crippen molar-refractivity contribution in [3.63, 3.8) is 0 Å². The Balaban J connectivity index is 1.83. The molecule has 0 saturated carbocycles. The van der Waals surface area contributed by atoms with E-state index < -0.39 is 17.4 Å². The fraction of sp³-hybridized carbons (Fsp3) is 0.435. The molecule has 9 heteroatoms.